The lowest BCUT2D eigenvalue weighted by atomic mass is 9.84. The summed E-state index contributed by atoms with van der Waals surface area (Å²) in [5, 5.41) is 8.66. The van der Waals surface area contributed by atoms with Crippen molar-refractivity contribution in [3.63, 3.8) is 0 Å². The number of hydrogen-bond acceptors (Lipinski definition) is 4. The van der Waals surface area contributed by atoms with Gasteiger partial charge in [0.25, 0.3) is 0 Å². The minimum atomic E-state index is -4.51. The fourth-order valence-corrected chi connectivity index (χ4v) is 1.99. The molecule has 2 unspecified atom stereocenters. The Morgan fingerprint density at radius 1 is 1.59 bits per heavy atom. The maximum absolute atomic E-state index is 13.0. The number of fused-ring (bicyclic) bond motifs is 1. The van der Waals surface area contributed by atoms with Gasteiger partial charge in [-0.25, -0.2) is 0 Å². The molecule has 94 valence electrons. The Kier molecular flexibility index (Phi) is 2.72. The van der Waals surface area contributed by atoms with Crippen LogP contribution in [0.5, 0.6) is 0 Å². The van der Waals surface area contributed by atoms with Crippen LogP contribution in [0, 0.1) is 5.92 Å². The first-order chi connectivity index (χ1) is 7.95. The second-order valence-electron chi connectivity index (χ2n) is 3.73. The highest BCUT2D eigenvalue weighted by molar-refractivity contribution is 5.76. The first-order valence-corrected chi connectivity index (χ1v) is 4.87. The summed E-state index contributed by atoms with van der Waals surface area (Å²) in [5.74, 6) is -3.85. The Balaban J connectivity index is 2.42. The molecule has 0 saturated heterocycles. The van der Waals surface area contributed by atoms with Gasteiger partial charge in [0.15, 0.2) is 0 Å². The van der Waals surface area contributed by atoms with Crippen LogP contribution >= 0.6 is 0 Å². The van der Waals surface area contributed by atoms with E-state index >= 15 is 0 Å². The number of aromatic amines is 1. The van der Waals surface area contributed by atoms with Crippen molar-refractivity contribution in [3.8, 4) is 0 Å². The van der Waals surface area contributed by atoms with E-state index in [-0.39, 0.29) is 17.9 Å². The van der Waals surface area contributed by atoms with E-state index in [4.69, 9.17) is 0 Å². The molecule has 2 N–H and O–H groups in total. The number of H-pyrrole nitrogens is 1. The molecule has 8 heteroatoms. The molecule has 0 amide bonds. The fourth-order valence-electron chi connectivity index (χ4n) is 1.99. The average molecular weight is 249 g/mol. The molecule has 17 heavy (non-hydrogen) atoms. The highest BCUT2D eigenvalue weighted by atomic mass is 19.4. The molecule has 1 aliphatic heterocycles. The molecule has 0 spiro atoms. The van der Waals surface area contributed by atoms with E-state index in [0.29, 0.717) is 0 Å². The fraction of sp³-hybridized carbons (Fsp3) is 0.556. The molecular weight excluding hydrogens is 239 g/mol. The van der Waals surface area contributed by atoms with Crippen LogP contribution in [0.15, 0.2) is 6.20 Å². The zero-order valence-electron chi connectivity index (χ0n) is 8.84. The largest absolute Gasteiger partial charge is 0.469 e. The first kappa shape index (κ1) is 11.7. The van der Waals surface area contributed by atoms with Crippen LogP contribution in [-0.2, 0) is 9.53 Å². The summed E-state index contributed by atoms with van der Waals surface area (Å²) in [4.78, 5) is 11.4. The standard InChI is InChI=1S/C9H10F3N3O2/c1-17-8(16)5-2-13-7-4(3-14-15-7)6(5)9(10,11)12/h3,5-6H,2H2,1H3,(H2,13,14,15). The summed E-state index contributed by atoms with van der Waals surface area (Å²) in [6, 6.07) is 0. The molecule has 2 heterocycles. The predicted molar refractivity (Wildman–Crippen MR) is 51.4 cm³/mol. The molecule has 1 aromatic rings. The maximum Gasteiger partial charge on any atom is 0.396 e. The molecule has 0 aromatic carbocycles. The van der Waals surface area contributed by atoms with Gasteiger partial charge in [0.05, 0.1) is 19.2 Å². The van der Waals surface area contributed by atoms with Crippen LogP contribution in [-0.4, -0.2) is 36.0 Å². The van der Waals surface area contributed by atoms with Crippen molar-refractivity contribution in [2.75, 3.05) is 19.0 Å². The van der Waals surface area contributed by atoms with Gasteiger partial charge < -0.3 is 10.1 Å². The van der Waals surface area contributed by atoms with Crippen LogP contribution in [0.2, 0.25) is 0 Å². The van der Waals surface area contributed by atoms with Crippen LogP contribution in [0.25, 0.3) is 0 Å². The Morgan fingerprint density at radius 2 is 2.29 bits per heavy atom. The highest BCUT2D eigenvalue weighted by Crippen LogP contribution is 2.45. The molecule has 0 fully saturated rings. The Hall–Kier alpha value is -1.73. The molecular formula is C9H10F3N3O2. The van der Waals surface area contributed by atoms with Gasteiger partial charge in [-0.2, -0.15) is 18.3 Å². The third-order valence-corrected chi connectivity index (χ3v) is 2.76. The number of halogens is 3. The summed E-state index contributed by atoms with van der Waals surface area (Å²) < 4.78 is 43.3. The van der Waals surface area contributed by atoms with Crippen molar-refractivity contribution in [1.29, 1.82) is 0 Å². The smallest absolute Gasteiger partial charge is 0.396 e. The van der Waals surface area contributed by atoms with E-state index in [0.717, 1.165) is 13.3 Å². The molecule has 0 aliphatic carbocycles. The van der Waals surface area contributed by atoms with Gasteiger partial charge in [0.2, 0.25) is 0 Å². The molecule has 5 nitrogen and oxygen atoms in total. The number of carbonyl (C=O) groups is 1. The van der Waals surface area contributed by atoms with Crippen LogP contribution < -0.4 is 5.32 Å². The Morgan fingerprint density at radius 3 is 2.88 bits per heavy atom. The van der Waals surface area contributed by atoms with Crippen molar-refractivity contribution >= 4 is 11.8 Å². The van der Waals surface area contributed by atoms with Crippen molar-refractivity contribution in [2.45, 2.75) is 12.1 Å². The number of nitrogens with zero attached hydrogens (tertiary/aromatic N) is 1. The SMILES string of the molecule is COC(=O)C1CNc2[nH]ncc2C1C(F)(F)F. The van der Waals surface area contributed by atoms with Gasteiger partial charge >= 0.3 is 12.1 Å². The average Bonchev–Trinajstić information content (AvgIpc) is 2.72. The molecule has 2 atom stereocenters. The number of hydrogen-bond donors (Lipinski definition) is 2. The van der Waals surface area contributed by atoms with Crippen molar-refractivity contribution in [1.82, 2.24) is 10.2 Å². The molecule has 0 saturated carbocycles. The molecule has 1 aliphatic rings. The van der Waals surface area contributed by atoms with Crippen molar-refractivity contribution < 1.29 is 22.7 Å². The number of aromatic nitrogens is 2. The number of ether oxygens (including phenoxy) is 1. The van der Waals surface area contributed by atoms with Crippen LogP contribution in [0.4, 0.5) is 19.0 Å². The quantitative estimate of drug-likeness (QED) is 0.735. The topological polar surface area (TPSA) is 67.0 Å². The van der Waals surface area contributed by atoms with Gasteiger partial charge in [-0.1, -0.05) is 0 Å². The van der Waals surface area contributed by atoms with Crippen molar-refractivity contribution in [2.24, 2.45) is 5.92 Å². The summed E-state index contributed by atoms with van der Waals surface area (Å²) in [7, 11) is 1.07. The number of nitrogens with one attached hydrogen (secondary N) is 2. The number of alkyl halides is 3. The monoisotopic (exact) mass is 249 g/mol. The second-order valence-corrected chi connectivity index (χ2v) is 3.73. The maximum atomic E-state index is 13.0. The molecule has 1 aromatic heterocycles. The van der Waals surface area contributed by atoms with Gasteiger partial charge in [-0.3, -0.25) is 9.89 Å². The second kappa shape index (κ2) is 3.94. The van der Waals surface area contributed by atoms with E-state index in [1.165, 1.54) is 0 Å². The first-order valence-electron chi connectivity index (χ1n) is 4.87. The minimum absolute atomic E-state index is 0.0563. The lowest BCUT2D eigenvalue weighted by Crippen LogP contribution is -2.41. The number of methoxy groups -OCH3 is 1. The normalized spacial score (nSPS) is 23.8. The Labute approximate surface area is 94.3 Å². The van der Waals surface area contributed by atoms with Crippen molar-refractivity contribution in [3.05, 3.63) is 11.8 Å². The van der Waals surface area contributed by atoms with Gasteiger partial charge in [-0.05, 0) is 0 Å². The van der Waals surface area contributed by atoms with E-state index in [1.807, 2.05) is 0 Å². The Bertz CT molecular complexity index is 429. The number of anilines is 1. The minimum Gasteiger partial charge on any atom is -0.469 e. The van der Waals surface area contributed by atoms with E-state index in [2.05, 4.69) is 20.3 Å². The van der Waals surface area contributed by atoms with Crippen LogP contribution in [0.1, 0.15) is 11.5 Å². The number of carbonyl (C=O) groups excluding carboxylic acids is 1. The van der Waals surface area contributed by atoms with E-state index in [9.17, 15) is 18.0 Å². The number of esters is 1. The van der Waals surface area contributed by atoms with E-state index in [1.54, 1.807) is 0 Å². The highest BCUT2D eigenvalue weighted by Gasteiger charge is 2.52. The van der Waals surface area contributed by atoms with E-state index < -0.39 is 24.0 Å². The molecule has 2 rings (SSSR count). The molecule has 0 bridgehead atoms. The lowest BCUT2D eigenvalue weighted by Gasteiger charge is -2.31. The summed E-state index contributed by atoms with van der Waals surface area (Å²) in [6.45, 7) is -0.133. The molecule has 0 radical (unpaired) electrons. The summed E-state index contributed by atoms with van der Waals surface area (Å²) in [5.41, 5.74) is -0.0563. The third kappa shape index (κ3) is 1.94. The predicted octanol–water partition coefficient (Wildman–Crippen LogP) is 1.27. The van der Waals surface area contributed by atoms with Gasteiger partial charge in [0.1, 0.15) is 11.7 Å². The van der Waals surface area contributed by atoms with Crippen LogP contribution in [0.3, 0.4) is 0 Å². The zero-order chi connectivity index (χ0) is 12.6. The summed E-state index contributed by atoms with van der Waals surface area (Å²) in [6.07, 6.45) is -3.44. The zero-order valence-corrected chi connectivity index (χ0v) is 8.84. The number of rotatable bonds is 1. The summed E-state index contributed by atoms with van der Waals surface area (Å²) >= 11 is 0. The van der Waals surface area contributed by atoms with Gasteiger partial charge in [-0.15, -0.1) is 0 Å². The lowest BCUT2D eigenvalue weighted by molar-refractivity contribution is -0.176. The third-order valence-electron chi connectivity index (χ3n) is 2.76. The van der Waals surface area contributed by atoms with Gasteiger partial charge in [0, 0.05) is 12.1 Å².